The van der Waals surface area contributed by atoms with E-state index >= 15 is 0 Å². The van der Waals surface area contributed by atoms with Crippen molar-refractivity contribution in [3.63, 3.8) is 0 Å². The average Bonchev–Trinajstić information content (AvgIpc) is 3.36. The Morgan fingerprint density at radius 1 is 1.17 bits per heavy atom. The molecule has 1 fully saturated rings. The fourth-order valence-corrected chi connectivity index (χ4v) is 3.23. The number of hydrogen-bond acceptors (Lipinski definition) is 3. The number of nitrogens with zero attached hydrogens (tertiary/aromatic N) is 1. The molecule has 0 radical (unpaired) electrons. The van der Waals surface area contributed by atoms with E-state index in [1.54, 1.807) is 17.0 Å². The van der Waals surface area contributed by atoms with Crippen LogP contribution < -0.4 is 0 Å². The van der Waals surface area contributed by atoms with Crippen LogP contribution in [0.1, 0.15) is 28.8 Å². The zero-order valence-electron chi connectivity index (χ0n) is 13.3. The van der Waals surface area contributed by atoms with Crippen LogP contribution in [0.3, 0.4) is 0 Å². The zero-order valence-corrected chi connectivity index (χ0v) is 14.1. The normalized spacial score (nSPS) is 14.4. The van der Waals surface area contributed by atoms with Gasteiger partial charge in [0.2, 0.25) is 0 Å². The first-order valence-corrected chi connectivity index (χ1v) is 9.59. The van der Waals surface area contributed by atoms with Crippen LogP contribution in [0.25, 0.3) is 0 Å². The zero-order chi connectivity index (χ0) is 17.3. The number of sulfone groups is 1. The summed E-state index contributed by atoms with van der Waals surface area (Å²) in [5.74, 6) is -0.491. The molecule has 0 bridgehead atoms. The summed E-state index contributed by atoms with van der Waals surface area (Å²) in [4.78, 5) is 14.7. The van der Waals surface area contributed by atoms with Gasteiger partial charge in [-0.25, -0.2) is 12.8 Å². The van der Waals surface area contributed by atoms with E-state index in [0.717, 1.165) is 24.7 Å². The lowest BCUT2D eigenvalue weighted by Gasteiger charge is -2.23. The van der Waals surface area contributed by atoms with Gasteiger partial charge in [0.25, 0.3) is 5.91 Å². The molecule has 24 heavy (non-hydrogen) atoms. The predicted molar refractivity (Wildman–Crippen MR) is 88.8 cm³/mol. The third kappa shape index (κ3) is 3.82. The molecule has 0 aliphatic heterocycles. The summed E-state index contributed by atoms with van der Waals surface area (Å²) in [5, 5.41) is 0. The molecule has 1 aliphatic rings. The lowest BCUT2D eigenvalue weighted by atomic mass is 10.1. The van der Waals surface area contributed by atoms with Crippen molar-refractivity contribution in [1.82, 2.24) is 4.90 Å². The maximum absolute atomic E-state index is 13.4. The first-order chi connectivity index (χ1) is 11.3. The molecular weight excluding hydrogens is 329 g/mol. The molecule has 1 saturated carbocycles. The van der Waals surface area contributed by atoms with Crippen LogP contribution in [-0.4, -0.2) is 31.5 Å². The van der Waals surface area contributed by atoms with E-state index < -0.39 is 9.84 Å². The molecule has 0 heterocycles. The van der Waals surface area contributed by atoms with Crippen molar-refractivity contribution in [3.8, 4) is 0 Å². The van der Waals surface area contributed by atoms with Crippen LogP contribution in [0.15, 0.2) is 53.4 Å². The second-order valence-electron chi connectivity index (χ2n) is 6.09. The van der Waals surface area contributed by atoms with Crippen LogP contribution in [0, 0.1) is 5.82 Å². The number of amides is 1. The van der Waals surface area contributed by atoms with Gasteiger partial charge in [0.05, 0.1) is 4.90 Å². The number of carbonyl (C=O) groups is 1. The van der Waals surface area contributed by atoms with Gasteiger partial charge in [0.1, 0.15) is 5.82 Å². The highest BCUT2D eigenvalue weighted by Crippen LogP contribution is 2.30. The van der Waals surface area contributed by atoms with E-state index in [1.165, 1.54) is 36.4 Å². The number of hydrogen-bond donors (Lipinski definition) is 0. The van der Waals surface area contributed by atoms with Crippen LogP contribution in [0.2, 0.25) is 0 Å². The van der Waals surface area contributed by atoms with Gasteiger partial charge < -0.3 is 4.90 Å². The lowest BCUT2D eigenvalue weighted by molar-refractivity contribution is 0.0729. The summed E-state index contributed by atoms with van der Waals surface area (Å²) in [6.07, 6.45) is 3.00. The monoisotopic (exact) mass is 347 g/mol. The SMILES string of the molecule is CS(=O)(=O)c1ccc(C(=O)N(Cc2cccc(F)c2)C2CC2)cc1. The van der Waals surface area contributed by atoms with Crippen molar-refractivity contribution in [2.24, 2.45) is 0 Å². The molecule has 0 unspecified atom stereocenters. The third-order valence-electron chi connectivity index (χ3n) is 4.02. The van der Waals surface area contributed by atoms with Crippen molar-refractivity contribution >= 4 is 15.7 Å². The lowest BCUT2D eigenvalue weighted by Crippen LogP contribution is -2.32. The molecule has 6 heteroatoms. The summed E-state index contributed by atoms with van der Waals surface area (Å²) in [5.41, 5.74) is 1.17. The molecular formula is C18H18FNO3S. The minimum absolute atomic E-state index is 0.162. The van der Waals surface area contributed by atoms with E-state index in [2.05, 4.69) is 0 Å². The van der Waals surface area contributed by atoms with Gasteiger partial charge in [-0.15, -0.1) is 0 Å². The van der Waals surface area contributed by atoms with Crippen molar-refractivity contribution in [1.29, 1.82) is 0 Å². The fraction of sp³-hybridized carbons (Fsp3) is 0.278. The topological polar surface area (TPSA) is 54.5 Å². The molecule has 0 saturated heterocycles. The smallest absolute Gasteiger partial charge is 0.254 e. The summed E-state index contributed by atoms with van der Waals surface area (Å²) in [6.45, 7) is 0.342. The van der Waals surface area contributed by atoms with Crippen molar-refractivity contribution in [2.45, 2.75) is 30.3 Å². The van der Waals surface area contributed by atoms with Gasteiger partial charge in [-0.05, 0) is 54.8 Å². The van der Waals surface area contributed by atoms with E-state index in [-0.39, 0.29) is 22.7 Å². The molecule has 2 aromatic carbocycles. The van der Waals surface area contributed by atoms with E-state index in [9.17, 15) is 17.6 Å². The second-order valence-corrected chi connectivity index (χ2v) is 8.11. The van der Waals surface area contributed by atoms with E-state index in [4.69, 9.17) is 0 Å². The molecule has 1 amide bonds. The molecule has 1 aliphatic carbocycles. The Balaban J connectivity index is 1.82. The van der Waals surface area contributed by atoms with Crippen molar-refractivity contribution in [2.75, 3.05) is 6.26 Å². The second kappa shape index (κ2) is 6.36. The average molecular weight is 347 g/mol. The molecule has 0 aromatic heterocycles. The molecule has 3 rings (SSSR count). The highest BCUT2D eigenvalue weighted by atomic mass is 32.2. The summed E-state index contributed by atoms with van der Waals surface area (Å²) >= 11 is 0. The standard InChI is InChI=1S/C18H18FNO3S/c1-24(22,23)17-9-5-14(6-10-17)18(21)20(16-7-8-16)12-13-3-2-4-15(19)11-13/h2-6,9-11,16H,7-8,12H2,1H3. The number of carbonyl (C=O) groups excluding carboxylic acids is 1. The van der Waals surface area contributed by atoms with Gasteiger partial charge >= 0.3 is 0 Å². The van der Waals surface area contributed by atoms with E-state index in [0.29, 0.717) is 12.1 Å². The molecule has 126 valence electrons. The highest BCUT2D eigenvalue weighted by molar-refractivity contribution is 7.90. The van der Waals surface area contributed by atoms with Crippen molar-refractivity contribution < 1.29 is 17.6 Å². The van der Waals surface area contributed by atoms with Gasteiger partial charge in [-0.3, -0.25) is 4.79 Å². The minimum Gasteiger partial charge on any atom is -0.331 e. The Hall–Kier alpha value is -2.21. The molecule has 4 nitrogen and oxygen atoms in total. The minimum atomic E-state index is -3.29. The van der Waals surface area contributed by atoms with Gasteiger partial charge in [0, 0.05) is 24.4 Å². The summed E-state index contributed by atoms with van der Waals surface area (Å²) < 4.78 is 36.4. The van der Waals surface area contributed by atoms with Gasteiger partial charge in [-0.1, -0.05) is 12.1 Å². The Morgan fingerprint density at radius 3 is 2.38 bits per heavy atom. The van der Waals surface area contributed by atoms with Crippen LogP contribution in [0.5, 0.6) is 0 Å². The Labute approximate surface area is 140 Å². The van der Waals surface area contributed by atoms with Crippen LogP contribution >= 0.6 is 0 Å². The Bertz CT molecular complexity index is 858. The maximum atomic E-state index is 13.4. The number of benzene rings is 2. The predicted octanol–water partition coefficient (Wildman–Crippen LogP) is 3.03. The number of rotatable bonds is 5. The first-order valence-electron chi connectivity index (χ1n) is 7.70. The number of halogens is 1. The van der Waals surface area contributed by atoms with Gasteiger partial charge in [-0.2, -0.15) is 0 Å². The first kappa shape index (κ1) is 16.6. The van der Waals surface area contributed by atoms with E-state index in [1.807, 2.05) is 0 Å². The maximum Gasteiger partial charge on any atom is 0.254 e. The summed E-state index contributed by atoms with van der Waals surface area (Å²) in [6, 6.07) is 12.3. The van der Waals surface area contributed by atoms with Gasteiger partial charge in [0.15, 0.2) is 9.84 Å². The fourth-order valence-electron chi connectivity index (χ4n) is 2.60. The van der Waals surface area contributed by atoms with Crippen molar-refractivity contribution in [3.05, 3.63) is 65.5 Å². The third-order valence-corrected chi connectivity index (χ3v) is 5.15. The molecule has 0 N–H and O–H groups in total. The Kier molecular flexibility index (Phi) is 4.41. The van der Waals surface area contributed by atoms with Crippen LogP contribution in [-0.2, 0) is 16.4 Å². The highest BCUT2D eigenvalue weighted by Gasteiger charge is 2.33. The Morgan fingerprint density at radius 2 is 1.83 bits per heavy atom. The largest absolute Gasteiger partial charge is 0.331 e. The quantitative estimate of drug-likeness (QED) is 0.835. The molecule has 2 aromatic rings. The molecule has 0 spiro atoms. The van der Waals surface area contributed by atoms with Crippen LogP contribution in [0.4, 0.5) is 4.39 Å². The molecule has 0 atom stereocenters. The summed E-state index contributed by atoms with van der Waals surface area (Å²) in [7, 11) is -3.29.